The van der Waals surface area contributed by atoms with E-state index in [0.717, 1.165) is 5.56 Å². The summed E-state index contributed by atoms with van der Waals surface area (Å²) in [5, 5.41) is 2.76. The average molecular weight is 272 g/mol. The summed E-state index contributed by atoms with van der Waals surface area (Å²) in [7, 11) is 3.23. The van der Waals surface area contributed by atoms with Gasteiger partial charge < -0.3 is 14.6 Å². The average Bonchev–Trinajstić information content (AvgIpc) is 2.83. The van der Waals surface area contributed by atoms with Crippen molar-refractivity contribution in [3.63, 3.8) is 0 Å². The number of benzene rings is 1. The lowest BCUT2D eigenvalue weighted by molar-refractivity contribution is -0.115. The van der Waals surface area contributed by atoms with Gasteiger partial charge in [0.2, 0.25) is 5.91 Å². The normalized spacial score (nSPS) is 10.1. The summed E-state index contributed by atoms with van der Waals surface area (Å²) in [5.74, 6) is -0.553. The second-order valence-corrected chi connectivity index (χ2v) is 4.48. The molecule has 1 N–H and O–H groups in total. The SMILES string of the molecule is COC(=O)c1cccc(NC(=O)Cc2ccn(C)c2)c1. The highest BCUT2D eigenvalue weighted by Crippen LogP contribution is 2.12. The van der Waals surface area contributed by atoms with E-state index in [0.29, 0.717) is 17.7 Å². The van der Waals surface area contributed by atoms with E-state index >= 15 is 0 Å². The van der Waals surface area contributed by atoms with Crippen molar-refractivity contribution in [3.8, 4) is 0 Å². The number of amides is 1. The van der Waals surface area contributed by atoms with E-state index in [9.17, 15) is 9.59 Å². The standard InChI is InChI=1S/C15H16N2O3/c1-17-7-6-11(10-17)8-14(18)16-13-5-3-4-12(9-13)15(19)20-2/h3-7,9-10H,8H2,1-2H3,(H,16,18). The zero-order valence-electron chi connectivity index (χ0n) is 11.4. The van der Waals surface area contributed by atoms with E-state index in [2.05, 4.69) is 10.1 Å². The lowest BCUT2D eigenvalue weighted by Gasteiger charge is -2.06. The van der Waals surface area contributed by atoms with Gasteiger partial charge in [-0.05, 0) is 29.8 Å². The molecule has 1 aromatic heterocycles. The molecule has 2 rings (SSSR count). The van der Waals surface area contributed by atoms with Gasteiger partial charge in [-0.2, -0.15) is 0 Å². The summed E-state index contributed by atoms with van der Waals surface area (Å²) in [5.41, 5.74) is 1.92. The van der Waals surface area contributed by atoms with Crippen LogP contribution in [-0.2, 0) is 23.0 Å². The maximum absolute atomic E-state index is 11.9. The fourth-order valence-electron chi connectivity index (χ4n) is 1.90. The first-order valence-corrected chi connectivity index (χ1v) is 6.17. The number of anilines is 1. The molecular formula is C15H16N2O3. The largest absolute Gasteiger partial charge is 0.465 e. The number of esters is 1. The van der Waals surface area contributed by atoms with Crippen molar-refractivity contribution in [2.45, 2.75) is 6.42 Å². The summed E-state index contributed by atoms with van der Waals surface area (Å²) in [6.45, 7) is 0. The maximum Gasteiger partial charge on any atom is 0.337 e. The van der Waals surface area contributed by atoms with Crippen LogP contribution >= 0.6 is 0 Å². The first-order chi connectivity index (χ1) is 9.58. The smallest absolute Gasteiger partial charge is 0.337 e. The molecule has 1 aromatic carbocycles. The second-order valence-electron chi connectivity index (χ2n) is 4.48. The van der Waals surface area contributed by atoms with Crippen LogP contribution in [0.5, 0.6) is 0 Å². The minimum atomic E-state index is -0.427. The fourth-order valence-corrected chi connectivity index (χ4v) is 1.90. The molecule has 0 saturated heterocycles. The van der Waals surface area contributed by atoms with Gasteiger partial charge in [-0.3, -0.25) is 4.79 Å². The quantitative estimate of drug-likeness (QED) is 0.866. The van der Waals surface area contributed by atoms with Crippen LogP contribution in [0.3, 0.4) is 0 Å². The third-order valence-electron chi connectivity index (χ3n) is 2.83. The lowest BCUT2D eigenvalue weighted by Crippen LogP contribution is -2.14. The molecule has 0 saturated carbocycles. The summed E-state index contributed by atoms with van der Waals surface area (Å²) in [6, 6.07) is 8.55. The topological polar surface area (TPSA) is 60.3 Å². The number of hydrogen-bond acceptors (Lipinski definition) is 3. The molecule has 0 aliphatic heterocycles. The molecule has 0 unspecified atom stereocenters. The maximum atomic E-state index is 11.9. The van der Waals surface area contributed by atoms with Gasteiger partial charge in [0.25, 0.3) is 0 Å². The van der Waals surface area contributed by atoms with Gasteiger partial charge in [0.15, 0.2) is 0 Å². The molecule has 5 heteroatoms. The molecule has 0 fully saturated rings. The molecule has 1 amide bonds. The van der Waals surface area contributed by atoms with Crippen molar-refractivity contribution >= 4 is 17.6 Å². The number of ether oxygens (including phenoxy) is 1. The number of methoxy groups -OCH3 is 1. The molecule has 104 valence electrons. The number of carbonyl (C=O) groups excluding carboxylic acids is 2. The molecule has 1 heterocycles. The van der Waals surface area contributed by atoms with Crippen LogP contribution in [0.15, 0.2) is 42.7 Å². The molecule has 0 atom stereocenters. The van der Waals surface area contributed by atoms with Gasteiger partial charge >= 0.3 is 5.97 Å². The van der Waals surface area contributed by atoms with Gasteiger partial charge in [0.05, 0.1) is 19.1 Å². The van der Waals surface area contributed by atoms with E-state index in [1.54, 1.807) is 24.3 Å². The van der Waals surface area contributed by atoms with Gasteiger partial charge in [-0.25, -0.2) is 4.79 Å². The molecule has 20 heavy (non-hydrogen) atoms. The number of carbonyl (C=O) groups is 2. The second kappa shape index (κ2) is 6.06. The number of rotatable bonds is 4. The zero-order chi connectivity index (χ0) is 14.5. The van der Waals surface area contributed by atoms with Crippen LogP contribution in [0.2, 0.25) is 0 Å². The summed E-state index contributed by atoms with van der Waals surface area (Å²) in [6.07, 6.45) is 4.08. The first-order valence-electron chi connectivity index (χ1n) is 6.17. The number of aromatic nitrogens is 1. The van der Waals surface area contributed by atoms with E-state index in [4.69, 9.17) is 0 Å². The minimum Gasteiger partial charge on any atom is -0.465 e. The minimum absolute atomic E-state index is 0.127. The van der Waals surface area contributed by atoms with E-state index < -0.39 is 5.97 Å². The summed E-state index contributed by atoms with van der Waals surface area (Å²) < 4.78 is 6.53. The summed E-state index contributed by atoms with van der Waals surface area (Å²) >= 11 is 0. The number of nitrogens with one attached hydrogen (secondary N) is 1. The highest BCUT2D eigenvalue weighted by Gasteiger charge is 2.08. The Hall–Kier alpha value is -2.56. The predicted molar refractivity (Wildman–Crippen MR) is 75.5 cm³/mol. The molecule has 0 spiro atoms. The Morgan fingerprint density at radius 2 is 2.10 bits per heavy atom. The van der Waals surface area contributed by atoms with Crippen LogP contribution in [-0.4, -0.2) is 23.6 Å². The highest BCUT2D eigenvalue weighted by molar-refractivity contribution is 5.95. The Balaban J connectivity index is 2.02. The monoisotopic (exact) mass is 272 g/mol. The highest BCUT2D eigenvalue weighted by atomic mass is 16.5. The Morgan fingerprint density at radius 3 is 2.75 bits per heavy atom. The first kappa shape index (κ1) is 13.9. The van der Waals surface area contributed by atoms with E-state index in [-0.39, 0.29) is 5.91 Å². The Morgan fingerprint density at radius 1 is 1.30 bits per heavy atom. The van der Waals surface area contributed by atoms with Crippen LogP contribution in [0.1, 0.15) is 15.9 Å². The van der Waals surface area contributed by atoms with Crippen molar-refractivity contribution in [3.05, 3.63) is 53.9 Å². The van der Waals surface area contributed by atoms with Gasteiger partial charge in [-0.1, -0.05) is 6.07 Å². The van der Waals surface area contributed by atoms with Crippen molar-refractivity contribution in [1.29, 1.82) is 0 Å². The van der Waals surface area contributed by atoms with E-state index in [1.807, 2.05) is 30.1 Å². The van der Waals surface area contributed by atoms with Crippen molar-refractivity contribution in [1.82, 2.24) is 4.57 Å². The zero-order valence-corrected chi connectivity index (χ0v) is 11.4. The Kier molecular flexibility index (Phi) is 4.20. The third kappa shape index (κ3) is 3.47. The molecular weight excluding hydrogens is 256 g/mol. The molecule has 0 bridgehead atoms. The van der Waals surface area contributed by atoms with Crippen LogP contribution < -0.4 is 5.32 Å². The lowest BCUT2D eigenvalue weighted by atomic mass is 10.2. The van der Waals surface area contributed by atoms with Crippen molar-refractivity contribution < 1.29 is 14.3 Å². The van der Waals surface area contributed by atoms with Gasteiger partial charge in [0, 0.05) is 25.1 Å². The predicted octanol–water partition coefficient (Wildman–Crippen LogP) is 1.99. The molecule has 0 aliphatic carbocycles. The van der Waals surface area contributed by atoms with Crippen LogP contribution in [0.4, 0.5) is 5.69 Å². The number of aryl methyl sites for hydroxylation is 1. The molecule has 5 nitrogen and oxygen atoms in total. The van der Waals surface area contributed by atoms with E-state index in [1.165, 1.54) is 7.11 Å². The van der Waals surface area contributed by atoms with Crippen molar-refractivity contribution in [2.24, 2.45) is 7.05 Å². The fraction of sp³-hybridized carbons (Fsp3) is 0.200. The summed E-state index contributed by atoms with van der Waals surface area (Å²) in [4.78, 5) is 23.3. The van der Waals surface area contributed by atoms with Gasteiger partial charge in [-0.15, -0.1) is 0 Å². The third-order valence-corrected chi connectivity index (χ3v) is 2.83. The van der Waals surface area contributed by atoms with Crippen LogP contribution in [0, 0.1) is 0 Å². The molecule has 2 aromatic rings. The molecule has 0 aliphatic rings. The number of nitrogens with zero attached hydrogens (tertiary/aromatic N) is 1. The van der Waals surface area contributed by atoms with Crippen LogP contribution in [0.25, 0.3) is 0 Å². The molecule has 0 radical (unpaired) electrons. The number of hydrogen-bond donors (Lipinski definition) is 1. The Bertz CT molecular complexity index is 632. The Labute approximate surface area is 117 Å². The van der Waals surface area contributed by atoms with Crippen molar-refractivity contribution in [2.75, 3.05) is 12.4 Å². The van der Waals surface area contributed by atoms with Gasteiger partial charge in [0.1, 0.15) is 0 Å².